The SMILES string of the molecule is C[C@]12CC[C@H](O)C[C@H]1CC[C@@H]1[C@@H]2CC[C@]2(C)[C@@H](/C=N/NC3=NCCN3)CC[C@]12O. The second kappa shape index (κ2) is 6.94. The van der Waals surface area contributed by atoms with Gasteiger partial charge in [0.05, 0.1) is 18.2 Å². The van der Waals surface area contributed by atoms with E-state index in [0.29, 0.717) is 29.1 Å². The molecular weight excluding hydrogens is 364 g/mol. The molecule has 29 heavy (non-hydrogen) atoms. The molecular formula is C23H38N4O2. The molecule has 8 atom stereocenters. The van der Waals surface area contributed by atoms with Gasteiger partial charge in [-0.05, 0) is 81.0 Å². The second-order valence-electron chi connectivity index (χ2n) is 11.0. The fourth-order valence-corrected chi connectivity index (χ4v) is 8.14. The third kappa shape index (κ3) is 2.88. The lowest BCUT2D eigenvalue weighted by molar-refractivity contribution is -0.206. The molecule has 4 fully saturated rings. The normalized spacial score (nSPS) is 51.7. The van der Waals surface area contributed by atoms with Crippen molar-refractivity contribution >= 4 is 12.2 Å². The van der Waals surface area contributed by atoms with Crippen molar-refractivity contribution in [3.05, 3.63) is 0 Å². The van der Waals surface area contributed by atoms with E-state index in [9.17, 15) is 10.2 Å². The summed E-state index contributed by atoms with van der Waals surface area (Å²) in [4.78, 5) is 4.33. The zero-order valence-corrected chi connectivity index (χ0v) is 18.0. The van der Waals surface area contributed by atoms with Gasteiger partial charge in [-0.1, -0.05) is 13.8 Å². The van der Waals surface area contributed by atoms with E-state index in [4.69, 9.17) is 0 Å². The van der Waals surface area contributed by atoms with Crippen LogP contribution in [0.4, 0.5) is 0 Å². The topological polar surface area (TPSA) is 89.2 Å². The van der Waals surface area contributed by atoms with E-state index in [1.807, 2.05) is 6.21 Å². The quantitative estimate of drug-likeness (QED) is 0.422. The molecule has 0 radical (unpaired) electrons. The van der Waals surface area contributed by atoms with Crippen LogP contribution in [-0.4, -0.2) is 47.2 Å². The highest BCUT2D eigenvalue weighted by Gasteiger charge is 2.66. The Labute approximate surface area is 174 Å². The van der Waals surface area contributed by atoms with Crippen LogP contribution in [0.25, 0.3) is 0 Å². The van der Waals surface area contributed by atoms with Crippen LogP contribution in [0.15, 0.2) is 10.1 Å². The predicted octanol–water partition coefficient (Wildman–Crippen LogP) is 2.66. The Hall–Kier alpha value is -1.14. The molecule has 0 aromatic rings. The summed E-state index contributed by atoms with van der Waals surface area (Å²) in [7, 11) is 0. The van der Waals surface area contributed by atoms with E-state index in [1.165, 1.54) is 12.8 Å². The van der Waals surface area contributed by atoms with Crippen LogP contribution in [0.2, 0.25) is 0 Å². The molecule has 162 valence electrons. The molecule has 4 aliphatic carbocycles. The number of guanidine groups is 1. The van der Waals surface area contributed by atoms with Crippen LogP contribution < -0.4 is 10.7 Å². The summed E-state index contributed by atoms with van der Waals surface area (Å²) in [5, 5.41) is 30.0. The molecule has 0 aromatic carbocycles. The van der Waals surface area contributed by atoms with Crippen LogP contribution >= 0.6 is 0 Å². The Balaban J connectivity index is 1.35. The van der Waals surface area contributed by atoms with Crippen molar-refractivity contribution in [2.45, 2.75) is 83.3 Å². The van der Waals surface area contributed by atoms with Gasteiger partial charge in [0.25, 0.3) is 0 Å². The number of fused-ring (bicyclic) bond motifs is 5. The number of aliphatic hydroxyl groups is 2. The zero-order chi connectivity index (χ0) is 20.3. The maximum Gasteiger partial charge on any atom is 0.212 e. The van der Waals surface area contributed by atoms with Gasteiger partial charge in [0, 0.05) is 24.1 Å². The first-order valence-electron chi connectivity index (χ1n) is 11.8. The molecule has 6 heteroatoms. The summed E-state index contributed by atoms with van der Waals surface area (Å²) in [5.74, 6) is 2.68. The predicted molar refractivity (Wildman–Crippen MR) is 115 cm³/mol. The molecule has 4 saturated carbocycles. The highest BCUT2D eigenvalue weighted by molar-refractivity contribution is 5.81. The number of aliphatic imine (C=N–C) groups is 1. The number of aliphatic hydroxyl groups excluding tert-OH is 1. The number of rotatable bonds is 2. The van der Waals surface area contributed by atoms with Gasteiger partial charge in [0.15, 0.2) is 0 Å². The molecule has 0 spiro atoms. The largest absolute Gasteiger partial charge is 0.393 e. The maximum absolute atomic E-state index is 12.1. The third-order valence-corrected chi connectivity index (χ3v) is 10.00. The van der Waals surface area contributed by atoms with Gasteiger partial charge in [-0.2, -0.15) is 5.10 Å². The Bertz CT molecular complexity index is 711. The van der Waals surface area contributed by atoms with Crippen molar-refractivity contribution in [3.8, 4) is 0 Å². The molecule has 4 N–H and O–H groups in total. The lowest BCUT2D eigenvalue weighted by Crippen LogP contribution is -2.62. The number of hydrogen-bond donors (Lipinski definition) is 4. The van der Waals surface area contributed by atoms with Gasteiger partial charge < -0.3 is 15.5 Å². The van der Waals surface area contributed by atoms with Gasteiger partial charge in [-0.15, -0.1) is 0 Å². The van der Waals surface area contributed by atoms with Crippen LogP contribution in [0.1, 0.15) is 71.6 Å². The van der Waals surface area contributed by atoms with Crippen LogP contribution in [0.5, 0.6) is 0 Å². The Morgan fingerprint density at radius 1 is 1.10 bits per heavy atom. The fourth-order valence-electron chi connectivity index (χ4n) is 8.14. The first-order valence-corrected chi connectivity index (χ1v) is 11.8. The summed E-state index contributed by atoms with van der Waals surface area (Å²) >= 11 is 0. The van der Waals surface area contributed by atoms with E-state index in [-0.39, 0.29) is 11.5 Å². The first-order chi connectivity index (χ1) is 13.9. The summed E-state index contributed by atoms with van der Waals surface area (Å²) in [6, 6.07) is 0. The molecule has 6 nitrogen and oxygen atoms in total. The molecule has 5 aliphatic rings. The molecule has 0 aromatic heterocycles. The van der Waals surface area contributed by atoms with E-state index in [0.717, 1.165) is 64.0 Å². The van der Waals surface area contributed by atoms with Crippen LogP contribution in [0, 0.1) is 34.5 Å². The van der Waals surface area contributed by atoms with Crippen molar-refractivity contribution in [3.63, 3.8) is 0 Å². The monoisotopic (exact) mass is 402 g/mol. The number of nitrogens with one attached hydrogen (secondary N) is 2. The Morgan fingerprint density at radius 3 is 2.76 bits per heavy atom. The summed E-state index contributed by atoms with van der Waals surface area (Å²) in [5.41, 5.74) is 2.65. The zero-order valence-electron chi connectivity index (χ0n) is 18.0. The Morgan fingerprint density at radius 2 is 1.97 bits per heavy atom. The minimum atomic E-state index is -0.584. The molecule has 0 unspecified atom stereocenters. The van der Waals surface area contributed by atoms with Gasteiger partial charge in [-0.3, -0.25) is 0 Å². The summed E-state index contributed by atoms with van der Waals surface area (Å²) < 4.78 is 0. The molecule has 0 bridgehead atoms. The third-order valence-electron chi connectivity index (χ3n) is 10.00. The average Bonchev–Trinajstić information content (AvgIpc) is 3.30. The minimum Gasteiger partial charge on any atom is -0.393 e. The molecule has 1 aliphatic heterocycles. The minimum absolute atomic E-state index is 0.0956. The van der Waals surface area contributed by atoms with Crippen molar-refractivity contribution in [1.82, 2.24) is 10.7 Å². The number of nitrogens with zero attached hydrogens (tertiary/aromatic N) is 2. The van der Waals surface area contributed by atoms with Crippen molar-refractivity contribution < 1.29 is 10.2 Å². The average molecular weight is 403 g/mol. The van der Waals surface area contributed by atoms with Crippen molar-refractivity contribution in [2.24, 2.45) is 44.6 Å². The maximum atomic E-state index is 12.1. The first kappa shape index (κ1) is 19.8. The fraction of sp³-hybridized carbons (Fsp3) is 0.913. The van der Waals surface area contributed by atoms with Crippen LogP contribution in [-0.2, 0) is 0 Å². The summed E-state index contributed by atoms with van der Waals surface area (Å²) in [6.45, 7) is 6.47. The molecule has 5 rings (SSSR count). The van der Waals surface area contributed by atoms with Crippen molar-refractivity contribution in [2.75, 3.05) is 13.1 Å². The van der Waals surface area contributed by atoms with Gasteiger partial charge in [0.2, 0.25) is 5.96 Å². The highest BCUT2D eigenvalue weighted by Crippen LogP contribution is 2.68. The molecule has 0 amide bonds. The highest BCUT2D eigenvalue weighted by atomic mass is 16.3. The van der Waals surface area contributed by atoms with E-state index in [2.05, 4.69) is 34.7 Å². The Kier molecular flexibility index (Phi) is 4.74. The van der Waals surface area contributed by atoms with E-state index in [1.54, 1.807) is 0 Å². The summed E-state index contributed by atoms with van der Waals surface area (Å²) in [6.07, 6.45) is 11.4. The van der Waals surface area contributed by atoms with E-state index < -0.39 is 5.60 Å². The standard InChI is InChI=1S/C23H38N4O2/c1-21-8-6-17(28)13-15(21)3-4-19-18(21)7-9-22(2)16(5-10-23(19,22)29)14-26-27-20-24-11-12-25-20/h14-19,28-29H,3-13H2,1-2H3,(H2,24,25,27)/b26-14+/t15-,16-,17+,18+,19-,21+,22-,23+/m1/s1. The van der Waals surface area contributed by atoms with Gasteiger partial charge in [-0.25, -0.2) is 10.4 Å². The van der Waals surface area contributed by atoms with Gasteiger partial charge in [0.1, 0.15) is 0 Å². The molecule has 1 heterocycles. The number of hydrazone groups is 1. The number of hydrogen-bond acceptors (Lipinski definition) is 6. The van der Waals surface area contributed by atoms with E-state index >= 15 is 0 Å². The van der Waals surface area contributed by atoms with Crippen molar-refractivity contribution in [1.29, 1.82) is 0 Å². The molecule has 0 saturated heterocycles. The lowest BCUT2D eigenvalue weighted by atomic mass is 9.43. The smallest absolute Gasteiger partial charge is 0.212 e. The van der Waals surface area contributed by atoms with Gasteiger partial charge >= 0.3 is 0 Å². The second-order valence-corrected chi connectivity index (χ2v) is 11.0. The van der Waals surface area contributed by atoms with Crippen LogP contribution in [0.3, 0.4) is 0 Å². The lowest BCUT2D eigenvalue weighted by Gasteiger charge is -2.63.